The molecular weight excluding hydrogens is 152 g/mol. The Bertz CT molecular complexity index is 279. The first-order chi connectivity index (χ1) is 5.81. The van der Waals surface area contributed by atoms with Crippen LogP contribution in [-0.4, -0.2) is 15.0 Å². The quantitative estimate of drug-likeness (QED) is 0.666. The Morgan fingerprint density at radius 2 is 2.42 bits per heavy atom. The zero-order chi connectivity index (χ0) is 8.55. The highest BCUT2D eigenvalue weighted by molar-refractivity contribution is 5.16. The Morgan fingerprint density at radius 3 is 3.08 bits per heavy atom. The largest absolute Gasteiger partial charge is 0.323 e. The lowest BCUT2D eigenvalue weighted by Crippen LogP contribution is -2.17. The monoisotopic (exact) mass is 166 g/mol. The normalized spacial score (nSPS) is 22.3. The molecule has 1 aliphatic carbocycles. The van der Waals surface area contributed by atoms with Gasteiger partial charge in [-0.05, 0) is 26.2 Å². The molecule has 0 saturated carbocycles. The second kappa shape index (κ2) is 2.86. The first-order valence-electron chi connectivity index (χ1n) is 4.50. The first-order valence-corrected chi connectivity index (χ1v) is 4.50. The molecule has 0 radical (unpaired) electrons. The van der Waals surface area contributed by atoms with E-state index in [-0.39, 0.29) is 6.04 Å². The summed E-state index contributed by atoms with van der Waals surface area (Å²) in [5, 5.41) is 8.68. The van der Waals surface area contributed by atoms with E-state index >= 15 is 0 Å². The summed E-state index contributed by atoms with van der Waals surface area (Å²) in [4.78, 5) is 1.73. The van der Waals surface area contributed by atoms with E-state index in [1.807, 2.05) is 6.92 Å². The van der Waals surface area contributed by atoms with Gasteiger partial charge in [-0.3, -0.25) is 0 Å². The lowest BCUT2D eigenvalue weighted by Gasteiger charge is -2.14. The molecule has 1 aliphatic rings. The van der Waals surface area contributed by atoms with Gasteiger partial charge in [0.15, 0.2) is 0 Å². The van der Waals surface area contributed by atoms with Crippen molar-refractivity contribution in [3.63, 3.8) is 0 Å². The second-order valence-electron chi connectivity index (χ2n) is 3.22. The highest BCUT2D eigenvalue weighted by Crippen LogP contribution is 2.24. The molecule has 0 aliphatic heterocycles. The molecule has 12 heavy (non-hydrogen) atoms. The van der Waals surface area contributed by atoms with Crippen LogP contribution < -0.4 is 5.73 Å². The predicted octanol–water partition coefficient (Wildman–Crippen LogP) is 0.634. The standard InChI is InChI=1S/C8H14N4/c1-2-12-10-7-5-3-4-6(9)8(7)11-12/h6H,2-5,9H2,1H3. The third-order valence-corrected chi connectivity index (χ3v) is 2.32. The molecule has 4 nitrogen and oxygen atoms in total. The topological polar surface area (TPSA) is 56.7 Å². The summed E-state index contributed by atoms with van der Waals surface area (Å²) in [6.45, 7) is 2.87. The molecule has 2 N–H and O–H groups in total. The van der Waals surface area contributed by atoms with E-state index in [9.17, 15) is 0 Å². The van der Waals surface area contributed by atoms with Crippen molar-refractivity contribution >= 4 is 0 Å². The van der Waals surface area contributed by atoms with Crippen molar-refractivity contribution in [2.24, 2.45) is 5.73 Å². The van der Waals surface area contributed by atoms with Gasteiger partial charge in [-0.15, -0.1) is 0 Å². The highest BCUT2D eigenvalue weighted by atomic mass is 15.5. The highest BCUT2D eigenvalue weighted by Gasteiger charge is 2.21. The number of hydrogen-bond donors (Lipinski definition) is 1. The summed E-state index contributed by atoms with van der Waals surface area (Å²) in [5.74, 6) is 0. The molecule has 1 aromatic heterocycles. The Morgan fingerprint density at radius 1 is 1.58 bits per heavy atom. The van der Waals surface area contributed by atoms with E-state index in [0.717, 1.165) is 37.2 Å². The van der Waals surface area contributed by atoms with Crippen molar-refractivity contribution in [2.75, 3.05) is 0 Å². The van der Waals surface area contributed by atoms with Gasteiger partial charge >= 0.3 is 0 Å². The zero-order valence-electron chi connectivity index (χ0n) is 7.32. The lowest BCUT2D eigenvalue weighted by molar-refractivity contribution is 0.542. The van der Waals surface area contributed by atoms with Gasteiger partial charge in [0.25, 0.3) is 0 Å². The summed E-state index contributed by atoms with van der Waals surface area (Å²) >= 11 is 0. The van der Waals surface area contributed by atoms with E-state index in [4.69, 9.17) is 5.73 Å². The van der Waals surface area contributed by atoms with Crippen LogP contribution >= 0.6 is 0 Å². The van der Waals surface area contributed by atoms with Crippen molar-refractivity contribution in [1.29, 1.82) is 0 Å². The molecule has 1 atom stereocenters. The molecule has 0 spiro atoms. The Balaban J connectivity index is 2.37. The van der Waals surface area contributed by atoms with Gasteiger partial charge in [-0.2, -0.15) is 15.0 Å². The maximum absolute atomic E-state index is 5.90. The van der Waals surface area contributed by atoms with Crippen LogP contribution in [-0.2, 0) is 13.0 Å². The smallest absolute Gasteiger partial charge is 0.103 e. The number of rotatable bonds is 1. The van der Waals surface area contributed by atoms with Crippen LogP contribution in [0.3, 0.4) is 0 Å². The lowest BCUT2D eigenvalue weighted by atomic mass is 9.97. The summed E-state index contributed by atoms with van der Waals surface area (Å²) < 4.78 is 0. The average Bonchev–Trinajstić information content (AvgIpc) is 2.49. The third kappa shape index (κ3) is 1.12. The number of nitrogens with zero attached hydrogens (tertiary/aromatic N) is 3. The average molecular weight is 166 g/mol. The molecule has 1 unspecified atom stereocenters. The van der Waals surface area contributed by atoms with E-state index in [1.54, 1.807) is 4.80 Å². The summed E-state index contributed by atoms with van der Waals surface area (Å²) in [7, 11) is 0. The minimum atomic E-state index is 0.119. The molecule has 0 amide bonds. The van der Waals surface area contributed by atoms with Crippen molar-refractivity contribution in [3.8, 4) is 0 Å². The fraction of sp³-hybridized carbons (Fsp3) is 0.750. The molecular formula is C8H14N4. The number of fused-ring (bicyclic) bond motifs is 1. The minimum Gasteiger partial charge on any atom is -0.323 e. The van der Waals surface area contributed by atoms with E-state index in [1.165, 1.54) is 0 Å². The van der Waals surface area contributed by atoms with Crippen LogP contribution in [0.2, 0.25) is 0 Å². The fourth-order valence-electron chi connectivity index (χ4n) is 1.63. The summed E-state index contributed by atoms with van der Waals surface area (Å²) in [6, 6.07) is 0.119. The van der Waals surface area contributed by atoms with Crippen molar-refractivity contribution in [3.05, 3.63) is 11.4 Å². The molecule has 0 bridgehead atoms. The first kappa shape index (κ1) is 7.73. The molecule has 1 aromatic rings. The maximum atomic E-state index is 5.90. The molecule has 1 heterocycles. The number of hydrogen-bond acceptors (Lipinski definition) is 3. The Kier molecular flexibility index (Phi) is 1.84. The van der Waals surface area contributed by atoms with E-state index < -0.39 is 0 Å². The van der Waals surface area contributed by atoms with E-state index in [0.29, 0.717) is 0 Å². The Hall–Kier alpha value is -0.900. The van der Waals surface area contributed by atoms with Gasteiger partial charge in [0.1, 0.15) is 5.69 Å². The predicted molar refractivity (Wildman–Crippen MR) is 45.6 cm³/mol. The van der Waals surface area contributed by atoms with Crippen molar-refractivity contribution < 1.29 is 0 Å². The fourth-order valence-corrected chi connectivity index (χ4v) is 1.63. The second-order valence-corrected chi connectivity index (χ2v) is 3.22. The van der Waals surface area contributed by atoms with Gasteiger partial charge in [-0.25, -0.2) is 0 Å². The molecule has 0 aromatic carbocycles. The maximum Gasteiger partial charge on any atom is 0.103 e. The third-order valence-electron chi connectivity index (χ3n) is 2.32. The van der Waals surface area contributed by atoms with Gasteiger partial charge in [0.05, 0.1) is 18.3 Å². The van der Waals surface area contributed by atoms with Crippen LogP contribution in [0.25, 0.3) is 0 Å². The van der Waals surface area contributed by atoms with Crippen LogP contribution in [0.5, 0.6) is 0 Å². The number of aryl methyl sites for hydroxylation is 2. The number of nitrogens with two attached hydrogens (primary N) is 1. The van der Waals surface area contributed by atoms with Crippen molar-refractivity contribution in [2.45, 2.75) is 38.8 Å². The Labute approximate surface area is 71.8 Å². The SMILES string of the molecule is CCn1nc2c(n1)C(N)CCC2. The van der Waals surface area contributed by atoms with Crippen LogP contribution in [0.4, 0.5) is 0 Å². The summed E-state index contributed by atoms with van der Waals surface area (Å²) in [6.07, 6.45) is 3.25. The van der Waals surface area contributed by atoms with Gasteiger partial charge in [-0.1, -0.05) is 0 Å². The molecule has 66 valence electrons. The minimum absolute atomic E-state index is 0.119. The summed E-state index contributed by atoms with van der Waals surface area (Å²) in [5.41, 5.74) is 8.02. The molecule has 2 rings (SSSR count). The number of aromatic nitrogens is 3. The van der Waals surface area contributed by atoms with Gasteiger partial charge in [0, 0.05) is 0 Å². The molecule has 0 fully saturated rings. The molecule has 0 saturated heterocycles. The van der Waals surface area contributed by atoms with Crippen LogP contribution in [0.1, 0.15) is 37.2 Å². The van der Waals surface area contributed by atoms with E-state index in [2.05, 4.69) is 10.2 Å². The molecule has 4 heteroatoms. The van der Waals surface area contributed by atoms with Crippen molar-refractivity contribution in [1.82, 2.24) is 15.0 Å². The van der Waals surface area contributed by atoms with Crippen LogP contribution in [0.15, 0.2) is 0 Å². The zero-order valence-corrected chi connectivity index (χ0v) is 7.32. The van der Waals surface area contributed by atoms with Crippen LogP contribution in [0, 0.1) is 0 Å². The van der Waals surface area contributed by atoms with Gasteiger partial charge < -0.3 is 5.73 Å². The van der Waals surface area contributed by atoms with Gasteiger partial charge in [0.2, 0.25) is 0 Å².